The summed E-state index contributed by atoms with van der Waals surface area (Å²) in [6, 6.07) is 0.802. The van der Waals surface area contributed by atoms with Crippen molar-refractivity contribution in [1.82, 2.24) is 4.90 Å². The molecule has 1 heterocycles. The van der Waals surface area contributed by atoms with Crippen LogP contribution in [0.2, 0.25) is 0 Å². The van der Waals surface area contributed by atoms with Gasteiger partial charge in [-0.05, 0) is 45.2 Å². The summed E-state index contributed by atoms with van der Waals surface area (Å²) in [5, 5.41) is 0. The minimum absolute atomic E-state index is 0.802. The molecule has 1 aliphatic rings. The molecule has 0 aromatic carbocycles. The van der Waals surface area contributed by atoms with Crippen LogP contribution in [-0.4, -0.2) is 24.5 Å². The van der Waals surface area contributed by atoms with Crippen molar-refractivity contribution in [1.29, 1.82) is 0 Å². The second-order valence-corrected chi connectivity index (χ2v) is 4.36. The minimum atomic E-state index is 0.802. The standard InChI is InChI=1S/C10H21N/c1-8(2)10-5-6-11(4)9(3)7-10/h8-10H,5-7H2,1-4H3/t9-,10?/m0/s1. The highest BCUT2D eigenvalue weighted by atomic mass is 15.1. The van der Waals surface area contributed by atoms with E-state index < -0.39 is 0 Å². The van der Waals surface area contributed by atoms with Gasteiger partial charge in [-0.25, -0.2) is 0 Å². The highest BCUT2D eigenvalue weighted by Gasteiger charge is 2.24. The summed E-state index contributed by atoms with van der Waals surface area (Å²) >= 11 is 0. The van der Waals surface area contributed by atoms with Gasteiger partial charge < -0.3 is 4.90 Å². The molecular formula is C10H21N. The first-order chi connectivity index (χ1) is 5.11. The second-order valence-electron chi connectivity index (χ2n) is 4.36. The predicted octanol–water partition coefficient (Wildman–Crippen LogP) is 2.37. The SMILES string of the molecule is CC(C)C1CCN(C)[C@@H](C)C1. The third-order valence-electron chi connectivity index (χ3n) is 3.19. The molecule has 1 heteroatoms. The van der Waals surface area contributed by atoms with E-state index in [-0.39, 0.29) is 0 Å². The summed E-state index contributed by atoms with van der Waals surface area (Å²) in [4.78, 5) is 2.47. The van der Waals surface area contributed by atoms with Gasteiger partial charge in [0.1, 0.15) is 0 Å². The Balaban J connectivity index is 2.40. The molecule has 1 unspecified atom stereocenters. The summed E-state index contributed by atoms with van der Waals surface area (Å²) in [7, 11) is 2.24. The zero-order chi connectivity index (χ0) is 8.43. The average Bonchev–Trinajstić information content (AvgIpc) is 1.94. The van der Waals surface area contributed by atoms with Gasteiger partial charge in [0, 0.05) is 6.04 Å². The molecule has 0 radical (unpaired) electrons. The van der Waals surface area contributed by atoms with E-state index in [9.17, 15) is 0 Å². The van der Waals surface area contributed by atoms with Crippen LogP contribution in [0.5, 0.6) is 0 Å². The molecule has 1 rings (SSSR count). The molecular weight excluding hydrogens is 134 g/mol. The molecule has 1 saturated heterocycles. The summed E-state index contributed by atoms with van der Waals surface area (Å²) < 4.78 is 0. The van der Waals surface area contributed by atoms with Gasteiger partial charge in [-0.2, -0.15) is 0 Å². The largest absolute Gasteiger partial charge is 0.304 e. The number of hydrogen-bond donors (Lipinski definition) is 0. The molecule has 2 atom stereocenters. The summed E-state index contributed by atoms with van der Waals surface area (Å²) in [5.41, 5.74) is 0. The zero-order valence-corrected chi connectivity index (χ0v) is 8.30. The van der Waals surface area contributed by atoms with E-state index in [1.165, 1.54) is 19.4 Å². The fourth-order valence-corrected chi connectivity index (χ4v) is 1.93. The van der Waals surface area contributed by atoms with E-state index >= 15 is 0 Å². The highest BCUT2D eigenvalue weighted by molar-refractivity contribution is 4.77. The molecule has 0 spiro atoms. The first-order valence-electron chi connectivity index (χ1n) is 4.81. The highest BCUT2D eigenvalue weighted by Crippen LogP contribution is 2.27. The normalized spacial score (nSPS) is 34.6. The van der Waals surface area contributed by atoms with Crippen LogP contribution < -0.4 is 0 Å². The molecule has 0 aromatic rings. The van der Waals surface area contributed by atoms with Crippen LogP contribution in [0.25, 0.3) is 0 Å². The Morgan fingerprint density at radius 1 is 1.36 bits per heavy atom. The fourth-order valence-electron chi connectivity index (χ4n) is 1.93. The molecule has 0 aliphatic carbocycles. The van der Waals surface area contributed by atoms with Gasteiger partial charge in [0.25, 0.3) is 0 Å². The second kappa shape index (κ2) is 3.57. The third-order valence-corrected chi connectivity index (χ3v) is 3.19. The maximum absolute atomic E-state index is 2.47. The van der Waals surface area contributed by atoms with Crippen molar-refractivity contribution in [2.24, 2.45) is 11.8 Å². The van der Waals surface area contributed by atoms with Crippen LogP contribution in [0, 0.1) is 11.8 Å². The molecule has 1 fully saturated rings. The lowest BCUT2D eigenvalue weighted by molar-refractivity contribution is 0.129. The van der Waals surface area contributed by atoms with E-state index in [2.05, 4.69) is 32.7 Å². The molecule has 66 valence electrons. The van der Waals surface area contributed by atoms with Crippen LogP contribution in [0.1, 0.15) is 33.6 Å². The van der Waals surface area contributed by atoms with Gasteiger partial charge >= 0.3 is 0 Å². The monoisotopic (exact) mass is 155 g/mol. The van der Waals surface area contributed by atoms with Crippen molar-refractivity contribution < 1.29 is 0 Å². The fraction of sp³-hybridized carbons (Fsp3) is 1.00. The van der Waals surface area contributed by atoms with Crippen molar-refractivity contribution in [3.8, 4) is 0 Å². The van der Waals surface area contributed by atoms with Gasteiger partial charge in [-0.15, -0.1) is 0 Å². The van der Waals surface area contributed by atoms with E-state index in [4.69, 9.17) is 0 Å². The van der Waals surface area contributed by atoms with Gasteiger partial charge in [0.05, 0.1) is 0 Å². The van der Waals surface area contributed by atoms with Crippen molar-refractivity contribution in [2.75, 3.05) is 13.6 Å². The Morgan fingerprint density at radius 2 is 2.00 bits per heavy atom. The maximum Gasteiger partial charge on any atom is 0.00666 e. The van der Waals surface area contributed by atoms with Crippen molar-refractivity contribution >= 4 is 0 Å². The van der Waals surface area contributed by atoms with E-state index in [1.807, 2.05) is 0 Å². The molecule has 0 bridgehead atoms. The van der Waals surface area contributed by atoms with Crippen molar-refractivity contribution in [2.45, 2.75) is 39.7 Å². The first kappa shape index (κ1) is 9.05. The maximum atomic E-state index is 2.47. The van der Waals surface area contributed by atoms with Crippen LogP contribution >= 0.6 is 0 Å². The summed E-state index contributed by atoms with van der Waals surface area (Å²) in [6.45, 7) is 8.34. The number of piperidine rings is 1. The van der Waals surface area contributed by atoms with Crippen LogP contribution in [0.4, 0.5) is 0 Å². The smallest absolute Gasteiger partial charge is 0.00666 e. The van der Waals surface area contributed by atoms with Crippen molar-refractivity contribution in [3.63, 3.8) is 0 Å². The third kappa shape index (κ3) is 2.19. The van der Waals surface area contributed by atoms with Crippen LogP contribution in [0.15, 0.2) is 0 Å². The van der Waals surface area contributed by atoms with Crippen LogP contribution in [-0.2, 0) is 0 Å². The Kier molecular flexibility index (Phi) is 2.94. The molecule has 0 amide bonds. The summed E-state index contributed by atoms with van der Waals surface area (Å²) in [5.74, 6) is 1.85. The van der Waals surface area contributed by atoms with E-state index in [0.717, 1.165) is 17.9 Å². The predicted molar refractivity (Wildman–Crippen MR) is 49.7 cm³/mol. The molecule has 0 saturated carbocycles. The lowest BCUT2D eigenvalue weighted by Crippen LogP contribution is -2.39. The van der Waals surface area contributed by atoms with Gasteiger partial charge in [-0.3, -0.25) is 0 Å². The van der Waals surface area contributed by atoms with E-state index in [1.54, 1.807) is 0 Å². The Labute approximate surface area is 70.8 Å². The molecule has 0 aromatic heterocycles. The molecule has 1 nitrogen and oxygen atoms in total. The topological polar surface area (TPSA) is 3.24 Å². The Morgan fingerprint density at radius 3 is 2.45 bits per heavy atom. The molecule has 1 aliphatic heterocycles. The number of likely N-dealkylation sites (tertiary alicyclic amines) is 1. The average molecular weight is 155 g/mol. The molecule has 11 heavy (non-hydrogen) atoms. The van der Waals surface area contributed by atoms with Gasteiger partial charge in [0.15, 0.2) is 0 Å². The van der Waals surface area contributed by atoms with Crippen LogP contribution in [0.3, 0.4) is 0 Å². The number of nitrogens with zero attached hydrogens (tertiary/aromatic N) is 1. The number of rotatable bonds is 1. The van der Waals surface area contributed by atoms with E-state index in [0.29, 0.717) is 0 Å². The summed E-state index contributed by atoms with van der Waals surface area (Å²) in [6.07, 6.45) is 2.80. The minimum Gasteiger partial charge on any atom is -0.304 e. The van der Waals surface area contributed by atoms with Gasteiger partial charge in [-0.1, -0.05) is 13.8 Å². The van der Waals surface area contributed by atoms with Crippen molar-refractivity contribution in [3.05, 3.63) is 0 Å². The Hall–Kier alpha value is -0.0400. The Bertz CT molecular complexity index is 120. The number of hydrogen-bond acceptors (Lipinski definition) is 1. The lowest BCUT2D eigenvalue weighted by atomic mass is 9.84. The molecule has 0 N–H and O–H groups in total. The lowest BCUT2D eigenvalue weighted by Gasteiger charge is -2.36. The first-order valence-corrected chi connectivity index (χ1v) is 4.81. The quantitative estimate of drug-likeness (QED) is 0.562. The zero-order valence-electron chi connectivity index (χ0n) is 8.30. The van der Waals surface area contributed by atoms with Gasteiger partial charge in [0.2, 0.25) is 0 Å².